The van der Waals surface area contributed by atoms with E-state index >= 15 is 0 Å². The van der Waals surface area contributed by atoms with Crippen molar-refractivity contribution in [3.63, 3.8) is 0 Å². The van der Waals surface area contributed by atoms with Gasteiger partial charge < -0.3 is 10.8 Å². The Bertz CT molecular complexity index is 413. The number of carboxylic acids is 1. The van der Waals surface area contributed by atoms with Crippen molar-refractivity contribution in [2.75, 3.05) is 0 Å². The van der Waals surface area contributed by atoms with Gasteiger partial charge in [0.25, 0.3) is 6.43 Å². The summed E-state index contributed by atoms with van der Waals surface area (Å²) < 4.78 is 25.0. The lowest BCUT2D eigenvalue weighted by Crippen LogP contribution is -2.10. The first-order valence-corrected chi connectivity index (χ1v) is 4.71. The molecule has 3 N–H and O–H groups in total. The van der Waals surface area contributed by atoms with E-state index in [-0.39, 0.29) is 23.0 Å². The zero-order valence-corrected chi connectivity index (χ0v) is 8.84. The minimum Gasteiger partial charge on any atom is -0.481 e. The van der Waals surface area contributed by atoms with E-state index < -0.39 is 24.4 Å². The molecule has 7 heteroatoms. The summed E-state index contributed by atoms with van der Waals surface area (Å²) in [5.74, 6) is -1.14. The van der Waals surface area contributed by atoms with Gasteiger partial charge in [0.15, 0.2) is 0 Å². The summed E-state index contributed by atoms with van der Waals surface area (Å²) in [7, 11) is 0. The highest BCUT2D eigenvalue weighted by atomic mass is 35.5. The predicted octanol–water partition coefficient (Wildman–Crippen LogP) is 1.76. The first-order chi connectivity index (χ1) is 7.45. The van der Waals surface area contributed by atoms with Crippen LogP contribution >= 0.6 is 11.6 Å². The van der Waals surface area contributed by atoms with Gasteiger partial charge in [0.05, 0.1) is 17.7 Å². The molecule has 0 fully saturated rings. The van der Waals surface area contributed by atoms with Crippen molar-refractivity contribution in [1.29, 1.82) is 0 Å². The molecule has 88 valence electrons. The number of halogens is 3. The quantitative estimate of drug-likeness (QED) is 0.799. The molecule has 1 heterocycles. The highest BCUT2D eigenvalue weighted by Crippen LogP contribution is 2.27. The number of nitrogens with zero attached hydrogens (tertiary/aromatic N) is 1. The van der Waals surface area contributed by atoms with Crippen LogP contribution in [0.15, 0.2) is 6.07 Å². The van der Waals surface area contributed by atoms with Gasteiger partial charge in [-0.2, -0.15) is 0 Å². The van der Waals surface area contributed by atoms with Crippen LogP contribution in [-0.2, 0) is 17.8 Å². The molecule has 1 rings (SSSR count). The summed E-state index contributed by atoms with van der Waals surface area (Å²) in [4.78, 5) is 14.2. The second-order valence-corrected chi connectivity index (χ2v) is 3.41. The number of hydrogen-bond acceptors (Lipinski definition) is 3. The molecule has 0 radical (unpaired) electrons. The highest BCUT2D eigenvalue weighted by molar-refractivity contribution is 6.30. The average molecular weight is 251 g/mol. The first-order valence-electron chi connectivity index (χ1n) is 4.34. The van der Waals surface area contributed by atoms with Crippen LogP contribution in [-0.4, -0.2) is 16.1 Å². The van der Waals surface area contributed by atoms with Crippen LogP contribution in [0.1, 0.15) is 23.2 Å². The van der Waals surface area contributed by atoms with Gasteiger partial charge in [-0.25, -0.2) is 13.8 Å². The Hall–Kier alpha value is -1.27. The predicted molar refractivity (Wildman–Crippen MR) is 53.4 cm³/mol. The van der Waals surface area contributed by atoms with Crippen LogP contribution < -0.4 is 5.73 Å². The normalized spacial score (nSPS) is 10.8. The first kappa shape index (κ1) is 12.8. The molecule has 0 amide bonds. The van der Waals surface area contributed by atoms with Crippen LogP contribution in [0.4, 0.5) is 8.78 Å². The lowest BCUT2D eigenvalue weighted by Gasteiger charge is -2.09. The average Bonchev–Trinajstić information content (AvgIpc) is 2.18. The number of pyridine rings is 1. The molecule has 16 heavy (non-hydrogen) atoms. The molecule has 0 unspecified atom stereocenters. The van der Waals surface area contributed by atoms with Gasteiger partial charge in [0, 0.05) is 6.54 Å². The Morgan fingerprint density at radius 3 is 2.69 bits per heavy atom. The molecule has 1 aromatic rings. The lowest BCUT2D eigenvalue weighted by atomic mass is 10.1. The summed E-state index contributed by atoms with van der Waals surface area (Å²) in [5, 5.41) is 8.25. The van der Waals surface area contributed by atoms with Gasteiger partial charge >= 0.3 is 5.97 Å². The molecule has 0 aliphatic heterocycles. The number of carbonyl (C=O) groups is 1. The lowest BCUT2D eigenvalue weighted by molar-refractivity contribution is -0.136. The standard InChI is InChI=1S/C9H9ClF2N2O2/c10-8-5(9(11)12)1-4(2-7(15)16)6(3-13)14-8/h1,9H,2-3,13H2,(H,15,16). The van der Waals surface area contributed by atoms with Crippen molar-refractivity contribution in [3.05, 3.63) is 28.0 Å². The SMILES string of the molecule is NCc1nc(Cl)c(C(F)F)cc1CC(=O)O. The number of nitrogens with two attached hydrogens (primary N) is 1. The molecular formula is C9H9ClF2N2O2. The van der Waals surface area contributed by atoms with Crippen molar-refractivity contribution in [3.8, 4) is 0 Å². The van der Waals surface area contributed by atoms with Gasteiger partial charge in [-0.15, -0.1) is 0 Å². The van der Waals surface area contributed by atoms with E-state index in [1.165, 1.54) is 0 Å². The van der Waals surface area contributed by atoms with E-state index in [9.17, 15) is 13.6 Å². The summed E-state index contributed by atoms with van der Waals surface area (Å²) in [5.41, 5.74) is 5.22. The van der Waals surface area contributed by atoms with Gasteiger partial charge in [-0.1, -0.05) is 11.6 Å². The molecule has 0 aliphatic rings. The summed E-state index contributed by atoms with van der Waals surface area (Å²) >= 11 is 5.52. The van der Waals surface area contributed by atoms with Crippen molar-refractivity contribution >= 4 is 17.6 Å². The van der Waals surface area contributed by atoms with Gasteiger partial charge in [0.1, 0.15) is 5.15 Å². The van der Waals surface area contributed by atoms with Crippen LogP contribution in [0.2, 0.25) is 5.15 Å². The molecular weight excluding hydrogens is 242 g/mol. The second-order valence-electron chi connectivity index (χ2n) is 3.05. The minimum atomic E-state index is -2.79. The Kier molecular flexibility index (Phi) is 4.14. The number of alkyl halides is 2. The van der Waals surface area contributed by atoms with E-state index in [0.717, 1.165) is 6.07 Å². The Morgan fingerprint density at radius 1 is 1.62 bits per heavy atom. The molecule has 0 aromatic carbocycles. The van der Waals surface area contributed by atoms with Crippen molar-refractivity contribution in [1.82, 2.24) is 4.98 Å². The fourth-order valence-electron chi connectivity index (χ4n) is 1.23. The Morgan fingerprint density at radius 2 is 2.25 bits per heavy atom. The molecule has 1 aromatic heterocycles. The molecule has 0 bridgehead atoms. The van der Waals surface area contributed by atoms with Crippen LogP contribution in [0.5, 0.6) is 0 Å². The van der Waals surface area contributed by atoms with E-state index in [2.05, 4.69) is 4.98 Å². The zero-order chi connectivity index (χ0) is 12.3. The third kappa shape index (κ3) is 2.86. The fraction of sp³-hybridized carbons (Fsp3) is 0.333. The second kappa shape index (κ2) is 5.18. The number of aliphatic carboxylic acids is 1. The maximum Gasteiger partial charge on any atom is 0.307 e. The highest BCUT2D eigenvalue weighted by Gasteiger charge is 2.17. The van der Waals surface area contributed by atoms with Crippen molar-refractivity contribution < 1.29 is 18.7 Å². The molecule has 0 atom stereocenters. The Labute approximate surface area is 95.0 Å². The van der Waals surface area contributed by atoms with Gasteiger partial charge in [0.2, 0.25) is 0 Å². The van der Waals surface area contributed by atoms with Gasteiger partial charge in [-0.3, -0.25) is 4.79 Å². The van der Waals surface area contributed by atoms with Crippen molar-refractivity contribution in [2.45, 2.75) is 19.4 Å². The smallest absolute Gasteiger partial charge is 0.307 e. The van der Waals surface area contributed by atoms with E-state index in [4.69, 9.17) is 22.4 Å². The number of aromatic nitrogens is 1. The maximum atomic E-state index is 12.5. The van der Waals surface area contributed by atoms with E-state index in [1.54, 1.807) is 0 Å². The largest absolute Gasteiger partial charge is 0.481 e. The van der Waals surface area contributed by atoms with E-state index in [1.807, 2.05) is 0 Å². The molecule has 4 nitrogen and oxygen atoms in total. The number of hydrogen-bond donors (Lipinski definition) is 2. The molecule has 0 saturated carbocycles. The summed E-state index contributed by atoms with van der Waals surface area (Å²) in [6.07, 6.45) is -3.20. The van der Waals surface area contributed by atoms with Gasteiger partial charge in [-0.05, 0) is 11.6 Å². The molecule has 0 spiro atoms. The topological polar surface area (TPSA) is 76.2 Å². The third-order valence-corrected chi connectivity index (χ3v) is 2.24. The monoisotopic (exact) mass is 250 g/mol. The Balaban J connectivity index is 3.22. The summed E-state index contributed by atoms with van der Waals surface area (Å²) in [6.45, 7) is -0.0498. The molecule has 0 saturated heterocycles. The van der Waals surface area contributed by atoms with Crippen molar-refractivity contribution in [2.24, 2.45) is 5.73 Å². The van der Waals surface area contributed by atoms with Crippen LogP contribution in [0.25, 0.3) is 0 Å². The maximum absolute atomic E-state index is 12.5. The number of rotatable bonds is 4. The van der Waals surface area contributed by atoms with E-state index in [0.29, 0.717) is 0 Å². The third-order valence-electron chi connectivity index (χ3n) is 1.94. The molecule has 0 aliphatic carbocycles. The minimum absolute atomic E-state index is 0.0498. The zero-order valence-electron chi connectivity index (χ0n) is 8.08. The van der Waals surface area contributed by atoms with Crippen LogP contribution in [0.3, 0.4) is 0 Å². The van der Waals surface area contributed by atoms with Crippen LogP contribution in [0, 0.1) is 0 Å². The number of carboxylic acid groups (broad SMARTS) is 1. The fourth-order valence-corrected chi connectivity index (χ4v) is 1.47. The summed E-state index contributed by atoms with van der Waals surface area (Å²) in [6, 6.07) is 1.04.